The summed E-state index contributed by atoms with van der Waals surface area (Å²) in [5.74, 6) is -2.81. The van der Waals surface area contributed by atoms with Crippen molar-refractivity contribution < 1.29 is 34.6 Å². The number of nitro groups is 1. The monoisotopic (exact) mass is 473 g/mol. The standard InChI is InChI=1S/C23H27N3O8/c1-14(2)12-25(13-20(27)22(30)31)23(32)24-19(21(28)29)10-15-6-8-16(9-7-15)17-4-3-5-18(11-17)26(33)34/h3-9,11,14,19-20,27H,10,12-13H2,1-2H3,(H,24,32)(H,28,29)(H,30,31)/t19-,20-/m0/s1. The van der Waals surface area contributed by atoms with Gasteiger partial charge in [0.05, 0.1) is 11.5 Å². The van der Waals surface area contributed by atoms with Gasteiger partial charge in [0.25, 0.3) is 5.69 Å². The van der Waals surface area contributed by atoms with Crippen LogP contribution in [0.25, 0.3) is 11.1 Å². The number of aliphatic hydroxyl groups excluding tert-OH is 1. The van der Waals surface area contributed by atoms with Crippen LogP contribution in [-0.2, 0) is 16.0 Å². The summed E-state index contributed by atoms with van der Waals surface area (Å²) in [4.78, 5) is 46.9. The molecule has 4 N–H and O–H groups in total. The zero-order valence-corrected chi connectivity index (χ0v) is 18.7. The first-order valence-electron chi connectivity index (χ1n) is 10.5. The van der Waals surface area contributed by atoms with Crippen LogP contribution in [0.1, 0.15) is 19.4 Å². The van der Waals surface area contributed by atoms with Crippen molar-refractivity contribution >= 4 is 23.7 Å². The van der Waals surface area contributed by atoms with Crippen LogP contribution in [0.15, 0.2) is 48.5 Å². The number of carbonyl (C=O) groups excluding carboxylic acids is 1. The van der Waals surface area contributed by atoms with E-state index in [2.05, 4.69) is 5.32 Å². The fourth-order valence-corrected chi connectivity index (χ4v) is 3.28. The van der Waals surface area contributed by atoms with Crippen LogP contribution in [0, 0.1) is 16.0 Å². The van der Waals surface area contributed by atoms with Gasteiger partial charge >= 0.3 is 18.0 Å². The number of carbonyl (C=O) groups is 3. The molecular formula is C23H27N3O8. The predicted molar refractivity (Wildman–Crippen MR) is 122 cm³/mol. The van der Waals surface area contributed by atoms with E-state index in [-0.39, 0.29) is 24.6 Å². The molecule has 0 aliphatic heterocycles. The maximum Gasteiger partial charge on any atom is 0.334 e. The molecule has 2 atom stereocenters. The molecule has 11 heteroatoms. The highest BCUT2D eigenvalue weighted by molar-refractivity contribution is 5.83. The number of benzene rings is 2. The van der Waals surface area contributed by atoms with Crippen molar-refractivity contribution in [3.63, 3.8) is 0 Å². The molecule has 2 amide bonds. The lowest BCUT2D eigenvalue weighted by Gasteiger charge is -2.27. The van der Waals surface area contributed by atoms with Crippen LogP contribution in [0.5, 0.6) is 0 Å². The number of hydrogen-bond donors (Lipinski definition) is 4. The van der Waals surface area contributed by atoms with Crippen molar-refractivity contribution in [2.24, 2.45) is 5.92 Å². The van der Waals surface area contributed by atoms with Gasteiger partial charge in [-0.05, 0) is 22.6 Å². The molecule has 0 spiro atoms. The van der Waals surface area contributed by atoms with Gasteiger partial charge in [-0.25, -0.2) is 14.4 Å². The second kappa shape index (κ2) is 11.8. The Bertz CT molecular complexity index is 1040. The highest BCUT2D eigenvalue weighted by Crippen LogP contribution is 2.24. The minimum absolute atomic E-state index is 0.0450. The third-order valence-electron chi connectivity index (χ3n) is 4.93. The molecule has 0 aliphatic carbocycles. The Morgan fingerprint density at radius 3 is 2.18 bits per heavy atom. The van der Waals surface area contributed by atoms with Crippen LogP contribution in [0.3, 0.4) is 0 Å². The van der Waals surface area contributed by atoms with E-state index in [0.717, 1.165) is 4.90 Å². The number of non-ortho nitro benzene ring substituents is 1. The van der Waals surface area contributed by atoms with Crippen molar-refractivity contribution in [2.75, 3.05) is 13.1 Å². The zero-order chi connectivity index (χ0) is 25.4. The lowest BCUT2D eigenvalue weighted by atomic mass is 10.0. The van der Waals surface area contributed by atoms with E-state index in [0.29, 0.717) is 16.7 Å². The molecule has 182 valence electrons. The van der Waals surface area contributed by atoms with E-state index in [9.17, 15) is 34.7 Å². The Morgan fingerprint density at radius 2 is 1.65 bits per heavy atom. The molecule has 0 bridgehead atoms. The molecule has 0 heterocycles. The highest BCUT2D eigenvalue weighted by Gasteiger charge is 2.27. The van der Waals surface area contributed by atoms with E-state index >= 15 is 0 Å². The average molecular weight is 473 g/mol. The number of carboxylic acid groups (broad SMARTS) is 2. The number of nitro benzene ring substituents is 1. The molecule has 11 nitrogen and oxygen atoms in total. The predicted octanol–water partition coefficient (Wildman–Crippen LogP) is 2.37. The molecule has 0 unspecified atom stereocenters. The Hall–Kier alpha value is -3.99. The second-order valence-corrected chi connectivity index (χ2v) is 8.20. The van der Waals surface area contributed by atoms with Gasteiger partial charge in [0.2, 0.25) is 0 Å². The number of urea groups is 1. The zero-order valence-electron chi connectivity index (χ0n) is 18.7. The van der Waals surface area contributed by atoms with Crippen LogP contribution in [-0.4, -0.2) is 68.3 Å². The first kappa shape index (κ1) is 26.3. The third-order valence-corrected chi connectivity index (χ3v) is 4.93. The molecule has 0 fully saturated rings. The smallest absolute Gasteiger partial charge is 0.334 e. The number of nitrogens with zero attached hydrogens (tertiary/aromatic N) is 2. The summed E-state index contributed by atoms with van der Waals surface area (Å²) in [6.07, 6.45) is -1.85. The summed E-state index contributed by atoms with van der Waals surface area (Å²) in [7, 11) is 0. The largest absolute Gasteiger partial charge is 0.480 e. The Kier molecular flexibility index (Phi) is 9.08. The van der Waals surface area contributed by atoms with E-state index in [1.54, 1.807) is 50.2 Å². The molecule has 0 aliphatic rings. The van der Waals surface area contributed by atoms with Gasteiger partial charge in [-0.15, -0.1) is 0 Å². The first-order valence-corrected chi connectivity index (χ1v) is 10.5. The summed E-state index contributed by atoms with van der Waals surface area (Å²) in [5.41, 5.74) is 1.89. The Labute approximate surface area is 195 Å². The number of aliphatic carboxylic acids is 2. The third kappa shape index (κ3) is 7.55. The second-order valence-electron chi connectivity index (χ2n) is 8.20. The molecule has 2 aromatic carbocycles. The molecule has 2 rings (SSSR count). The number of amides is 2. The maximum atomic E-state index is 12.7. The van der Waals surface area contributed by atoms with Gasteiger partial charge < -0.3 is 25.5 Å². The van der Waals surface area contributed by atoms with Crippen LogP contribution in [0.2, 0.25) is 0 Å². The normalized spacial score (nSPS) is 12.6. The molecule has 0 saturated heterocycles. The van der Waals surface area contributed by atoms with Gasteiger partial charge in [-0.2, -0.15) is 0 Å². The fraction of sp³-hybridized carbons (Fsp3) is 0.348. The minimum Gasteiger partial charge on any atom is -0.480 e. The number of rotatable bonds is 11. The molecule has 34 heavy (non-hydrogen) atoms. The Morgan fingerprint density at radius 1 is 1.00 bits per heavy atom. The maximum absolute atomic E-state index is 12.7. The van der Waals surface area contributed by atoms with E-state index in [1.165, 1.54) is 12.1 Å². The quantitative estimate of drug-likeness (QED) is 0.285. The number of hydrogen-bond acceptors (Lipinski definition) is 6. The van der Waals surface area contributed by atoms with Gasteiger partial charge in [0.15, 0.2) is 6.10 Å². The van der Waals surface area contributed by atoms with Crippen molar-refractivity contribution in [2.45, 2.75) is 32.4 Å². The van der Waals surface area contributed by atoms with Gasteiger partial charge in [-0.1, -0.05) is 50.2 Å². The molecule has 2 aromatic rings. The number of aliphatic hydroxyl groups is 1. The molecule has 0 aromatic heterocycles. The van der Waals surface area contributed by atoms with Crippen molar-refractivity contribution in [3.05, 3.63) is 64.2 Å². The fourth-order valence-electron chi connectivity index (χ4n) is 3.28. The van der Waals surface area contributed by atoms with Crippen molar-refractivity contribution in [1.29, 1.82) is 0 Å². The summed E-state index contributed by atoms with van der Waals surface area (Å²) in [6, 6.07) is 10.7. The van der Waals surface area contributed by atoms with Crippen LogP contribution >= 0.6 is 0 Å². The van der Waals surface area contributed by atoms with Crippen molar-refractivity contribution in [1.82, 2.24) is 10.2 Å². The minimum atomic E-state index is -1.80. The SMILES string of the molecule is CC(C)CN(C[C@H](O)C(=O)O)C(=O)N[C@@H](Cc1ccc(-c2cccc([N+](=O)[O-])c2)cc1)C(=O)O. The van der Waals surface area contributed by atoms with Crippen LogP contribution in [0.4, 0.5) is 10.5 Å². The lowest BCUT2D eigenvalue weighted by molar-refractivity contribution is -0.384. The molecular weight excluding hydrogens is 446 g/mol. The van der Waals surface area contributed by atoms with E-state index in [4.69, 9.17) is 5.11 Å². The molecule has 0 radical (unpaired) electrons. The first-order chi connectivity index (χ1) is 16.0. The number of nitrogens with one attached hydrogen (secondary N) is 1. The summed E-state index contributed by atoms with van der Waals surface area (Å²) in [6.45, 7) is 3.24. The average Bonchev–Trinajstić information content (AvgIpc) is 2.78. The Balaban J connectivity index is 2.13. The summed E-state index contributed by atoms with van der Waals surface area (Å²) in [5, 5.41) is 41.5. The van der Waals surface area contributed by atoms with Gasteiger partial charge in [-0.3, -0.25) is 10.1 Å². The van der Waals surface area contributed by atoms with Gasteiger partial charge in [0, 0.05) is 25.1 Å². The number of carboxylic acids is 2. The lowest BCUT2D eigenvalue weighted by Crippen LogP contribution is -2.52. The molecule has 0 saturated carbocycles. The van der Waals surface area contributed by atoms with Crippen LogP contribution < -0.4 is 5.32 Å². The van der Waals surface area contributed by atoms with Crippen molar-refractivity contribution in [3.8, 4) is 11.1 Å². The van der Waals surface area contributed by atoms with Gasteiger partial charge in [0.1, 0.15) is 6.04 Å². The van der Waals surface area contributed by atoms with E-state index in [1.807, 2.05) is 0 Å². The topological polar surface area (TPSA) is 170 Å². The van der Waals surface area contributed by atoms with E-state index < -0.39 is 41.6 Å². The summed E-state index contributed by atoms with van der Waals surface area (Å²) < 4.78 is 0. The summed E-state index contributed by atoms with van der Waals surface area (Å²) >= 11 is 0. The highest BCUT2D eigenvalue weighted by atomic mass is 16.6.